The minimum atomic E-state index is -0.559. The first-order valence-corrected chi connectivity index (χ1v) is 8.60. The van der Waals surface area contributed by atoms with Gasteiger partial charge in [-0.3, -0.25) is 9.69 Å². The van der Waals surface area contributed by atoms with Crippen molar-refractivity contribution in [3.05, 3.63) is 35.4 Å². The molecule has 1 atom stereocenters. The number of carbonyl (C=O) groups is 2. The van der Waals surface area contributed by atoms with Crippen LogP contribution in [0.25, 0.3) is 0 Å². The highest BCUT2D eigenvalue weighted by Gasteiger charge is 2.34. The van der Waals surface area contributed by atoms with Gasteiger partial charge in [-0.05, 0) is 58.1 Å². The molecule has 0 aromatic heterocycles. The number of piperidine rings is 1. The number of amides is 2. The van der Waals surface area contributed by atoms with Crippen LogP contribution in [0.3, 0.4) is 0 Å². The van der Waals surface area contributed by atoms with Gasteiger partial charge in [0.1, 0.15) is 11.6 Å². The van der Waals surface area contributed by atoms with Crippen LogP contribution in [0.15, 0.2) is 24.3 Å². The molecule has 1 heterocycles. The van der Waals surface area contributed by atoms with Crippen molar-refractivity contribution in [3.63, 3.8) is 0 Å². The summed E-state index contributed by atoms with van der Waals surface area (Å²) >= 11 is 0. The van der Waals surface area contributed by atoms with Crippen LogP contribution in [-0.4, -0.2) is 35.1 Å². The van der Waals surface area contributed by atoms with E-state index in [1.165, 1.54) is 0 Å². The van der Waals surface area contributed by atoms with E-state index in [-0.39, 0.29) is 5.91 Å². The zero-order chi connectivity index (χ0) is 17.7. The molecule has 1 aromatic carbocycles. The maximum atomic E-state index is 12.6. The van der Waals surface area contributed by atoms with E-state index in [0.717, 1.165) is 24.0 Å². The van der Waals surface area contributed by atoms with Crippen LogP contribution in [-0.2, 0) is 16.1 Å². The predicted octanol–water partition coefficient (Wildman–Crippen LogP) is 3.40. The number of nitrogens with zero attached hydrogens (tertiary/aromatic N) is 1. The second kappa shape index (κ2) is 7.69. The Labute approximate surface area is 144 Å². The summed E-state index contributed by atoms with van der Waals surface area (Å²) in [7, 11) is 0. The summed E-state index contributed by atoms with van der Waals surface area (Å²) in [5, 5.41) is 2.97. The van der Waals surface area contributed by atoms with Gasteiger partial charge < -0.3 is 10.1 Å². The van der Waals surface area contributed by atoms with Gasteiger partial charge in [0.2, 0.25) is 5.91 Å². The first-order chi connectivity index (χ1) is 11.3. The average molecular weight is 332 g/mol. The largest absolute Gasteiger partial charge is 0.444 e. The molecule has 0 unspecified atom stereocenters. The number of carbonyl (C=O) groups excluding carboxylic acids is 2. The highest BCUT2D eigenvalue weighted by Crippen LogP contribution is 2.21. The number of benzene rings is 1. The molecule has 0 aliphatic carbocycles. The molecule has 0 saturated carbocycles. The van der Waals surface area contributed by atoms with Gasteiger partial charge in [-0.1, -0.05) is 24.3 Å². The molecule has 5 heteroatoms. The lowest BCUT2D eigenvalue weighted by atomic mass is 10.0. The van der Waals surface area contributed by atoms with Gasteiger partial charge >= 0.3 is 6.09 Å². The number of hydrogen-bond donors (Lipinski definition) is 1. The number of nitrogens with one attached hydrogen (secondary N) is 1. The van der Waals surface area contributed by atoms with Crippen LogP contribution in [0.5, 0.6) is 0 Å². The number of aryl methyl sites for hydroxylation is 1. The monoisotopic (exact) mass is 332 g/mol. The van der Waals surface area contributed by atoms with Crippen LogP contribution < -0.4 is 5.32 Å². The zero-order valence-corrected chi connectivity index (χ0v) is 15.1. The summed E-state index contributed by atoms with van der Waals surface area (Å²) in [6.07, 6.45) is 2.12. The summed E-state index contributed by atoms with van der Waals surface area (Å²) in [6.45, 7) is 8.57. The van der Waals surface area contributed by atoms with E-state index in [1.54, 1.807) is 4.90 Å². The molecule has 0 radical (unpaired) electrons. The van der Waals surface area contributed by atoms with E-state index in [9.17, 15) is 9.59 Å². The summed E-state index contributed by atoms with van der Waals surface area (Å²) in [5.41, 5.74) is 1.67. The van der Waals surface area contributed by atoms with Crippen LogP contribution in [0.4, 0.5) is 4.79 Å². The molecule has 1 N–H and O–H groups in total. The summed E-state index contributed by atoms with van der Waals surface area (Å²) in [5.74, 6) is -0.108. The van der Waals surface area contributed by atoms with Crippen LogP contribution in [0.1, 0.15) is 51.2 Å². The highest BCUT2D eigenvalue weighted by molar-refractivity contribution is 5.85. The molecule has 1 aliphatic heterocycles. The minimum absolute atomic E-state index is 0.108. The molecule has 2 amide bonds. The first kappa shape index (κ1) is 18.3. The van der Waals surface area contributed by atoms with Gasteiger partial charge in [-0.25, -0.2) is 4.79 Å². The Morgan fingerprint density at radius 3 is 2.62 bits per heavy atom. The summed E-state index contributed by atoms with van der Waals surface area (Å²) in [6, 6.07) is 7.52. The Hall–Kier alpha value is -2.04. The van der Waals surface area contributed by atoms with Crippen molar-refractivity contribution in [1.29, 1.82) is 0 Å². The van der Waals surface area contributed by atoms with Gasteiger partial charge in [0.15, 0.2) is 0 Å². The lowest BCUT2D eigenvalue weighted by Gasteiger charge is -2.35. The van der Waals surface area contributed by atoms with E-state index < -0.39 is 17.7 Å². The molecular formula is C19H28N2O3. The summed E-state index contributed by atoms with van der Waals surface area (Å²) < 4.78 is 5.45. The SMILES string of the molecule is Cc1ccccc1CNC(=O)[C@H]1CCCCN1C(=O)OC(C)(C)C. The quantitative estimate of drug-likeness (QED) is 0.923. The summed E-state index contributed by atoms with van der Waals surface area (Å²) in [4.78, 5) is 26.6. The Morgan fingerprint density at radius 2 is 1.96 bits per heavy atom. The van der Waals surface area contributed by atoms with Crippen molar-refractivity contribution in [2.24, 2.45) is 0 Å². The topological polar surface area (TPSA) is 58.6 Å². The number of rotatable bonds is 3. The molecule has 132 valence electrons. The lowest BCUT2D eigenvalue weighted by Crippen LogP contribution is -2.53. The van der Waals surface area contributed by atoms with Crippen molar-refractivity contribution in [2.45, 2.75) is 65.1 Å². The van der Waals surface area contributed by atoms with Crippen LogP contribution in [0.2, 0.25) is 0 Å². The van der Waals surface area contributed by atoms with Crippen molar-refractivity contribution >= 4 is 12.0 Å². The predicted molar refractivity (Wildman–Crippen MR) is 93.6 cm³/mol. The first-order valence-electron chi connectivity index (χ1n) is 8.60. The van der Waals surface area contributed by atoms with Gasteiger partial charge in [-0.15, -0.1) is 0 Å². The third kappa shape index (κ3) is 4.98. The molecular weight excluding hydrogens is 304 g/mol. The van der Waals surface area contributed by atoms with E-state index in [4.69, 9.17) is 4.74 Å². The molecule has 2 rings (SSSR count). The number of likely N-dealkylation sites (tertiary alicyclic amines) is 1. The molecule has 1 saturated heterocycles. The number of ether oxygens (including phenoxy) is 1. The van der Waals surface area contributed by atoms with Crippen LogP contribution in [0, 0.1) is 6.92 Å². The fraction of sp³-hybridized carbons (Fsp3) is 0.579. The molecule has 0 bridgehead atoms. The third-order valence-corrected chi connectivity index (χ3v) is 4.15. The Morgan fingerprint density at radius 1 is 1.25 bits per heavy atom. The molecule has 5 nitrogen and oxygen atoms in total. The van der Waals surface area contributed by atoms with Gasteiger partial charge in [0, 0.05) is 13.1 Å². The van der Waals surface area contributed by atoms with Crippen molar-refractivity contribution < 1.29 is 14.3 Å². The smallest absolute Gasteiger partial charge is 0.410 e. The highest BCUT2D eigenvalue weighted by atomic mass is 16.6. The second-order valence-corrected chi connectivity index (χ2v) is 7.33. The Bertz CT molecular complexity index is 593. The van der Waals surface area contributed by atoms with Crippen LogP contribution >= 0.6 is 0 Å². The molecule has 1 aromatic rings. The van der Waals surface area contributed by atoms with E-state index in [0.29, 0.717) is 19.5 Å². The van der Waals surface area contributed by atoms with Crippen molar-refractivity contribution in [1.82, 2.24) is 10.2 Å². The van der Waals surface area contributed by atoms with E-state index in [1.807, 2.05) is 52.0 Å². The van der Waals surface area contributed by atoms with Gasteiger partial charge in [-0.2, -0.15) is 0 Å². The van der Waals surface area contributed by atoms with E-state index in [2.05, 4.69) is 5.32 Å². The normalized spacial score (nSPS) is 18.2. The molecule has 24 heavy (non-hydrogen) atoms. The fourth-order valence-electron chi connectivity index (χ4n) is 2.85. The van der Waals surface area contributed by atoms with Crippen molar-refractivity contribution in [2.75, 3.05) is 6.54 Å². The standard InChI is InChI=1S/C19H28N2O3/c1-14-9-5-6-10-15(14)13-20-17(22)16-11-7-8-12-21(16)18(23)24-19(2,3)4/h5-6,9-10,16H,7-8,11-13H2,1-4H3,(H,20,22)/t16-/m1/s1. The number of hydrogen-bond acceptors (Lipinski definition) is 3. The van der Waals surface area contributed by atoms with E-state index >= 15 is 0 Å². The maximum absolute atomic E-state index is 12.6. The minimum Gasteiger partial charge on any atom is -0.444 e. The molecule has 0 spiro atoms. The molecule has 1 aliphatic rings. The van der Waals surface area contributed by atoms with Gasteiger partial charge in [0.05, 0.1) is 0 Å². The van der Waals surface area contributed by atoms with Crippen molar-refractivity contribution in [3.8, 4) is 0 Å². The maximum Gasteiger partial charge on any atom is 0.410 e. The Balaban J connectivity index is 2.00. The average Bonchev–Trinajstić information content (AvgIpc) is 2.52. The molecule has 1 fully saturated rings. The second-order valence-electron chi connectivity index (χ2n) is 7.33. The van der Waals surface area contributed by atoms with Gasteiger partial charge in [0.25, 0.3) is 0 Å². The zero-order valence-electron chi connectivity index (χ0n) is 15.1. The lowest BCUT2D eigenvalue weighted by molar-refractivity contribution is -0.127. The fourth-order valence-corrected chi connectivity index (χ4v) is 2.85. The third-order valence-electron chi connectivity index (χ3n) is 4.15. The Kier molecular flexibility index (Phi) is 5.86.